The van der Waals surface area contributed by atoms with Gasteiger partial charge in [0, 0.05) is 12.2 Å². The number of anilines is 1. The minimum atomic E-state index is -4.16. The minimum absolute atomic E-state index is 0.0305. The highest BCUT2D eigenvalue weighted by Gasteiger charge is 2.34. The highest BCUT2D eigenvalue weighted by atomic mass is 32.2. The Morgan fingerprint density at radius 2 is 1.61 bits per heavy atom. The molecule has 1 atom stereocenters. The van der Waals surface area contributed by atoms with E-state index in [2.05, 4.69) is 0 Å². The van der Waals surface area contributed by atoms with Crippen LogP contribution in [-0.4, -0.2) is 33.8 Å². The van der Waals surface area contributed by atoms with E-state index in [1.807, 2.05) is 36.4 Å². The molecule has 0 unspecified atom stereocenters. The van der Waals surface area contributed by atoms with Gasteiger partial charge < -0.3 is 5.73 Å². The minimum Gasteiger partial charge on any atom is -0.398 e. The van der Waals surface area contributed by atoms with Crippen LogP contribution in [-0.2, 0) is 37.3 Å². The van der Waals surface area contributed by atoms with E-state index in [0.29, 0.717) is 16.8 Å². The summed E-state index contributed by atoms with van der Waals surface area (Å²) in [5, 5.41) is 11.0. The molecular formula is C27H25N3O5S3. The van der Waals surface area contributed by atoms with Crippen molar-refractivity contribution in [1.82, 2.24) is 4.31 Å². The van der Waals surface area contributed by atoms with Gasteiger partial charge in [-0.1, -0.05) is 54.6 Å². The molecule has 8 nitrogen and oxygen atoms in total. The van der Waals surface area contributed by atoms with Crippen LogP contribution in [0.4, 0.5) is 5.69 Å². The first-order valence-corrected chi connectivity index (χ1v) is 15.3. The van der Waals surface area contributed by atoms with Crippen molar-refractivity contribution in [3.05, 3.63) is 113 Å². The maximum atomic E-state index is 13.9. The van der Waals surface area contributed by atoms with Gasteiger partial charge in [0.15, 0.2) is 0 Å². The zero-order chi connectivity index (χ0) is 27.2. The smallest absolute Gasteiger partial charge is 0.297 e. The van der Waals surface area contributed by atoms with Crippen molar-refractivity contribution < 1.29 is 21.0 Å². The summed E-state index contributed by atoms with van der Waals surface area (Å²) in [4.78, 5) is -0.0305. The number of nitriles is 1. The van der Waals surface area contributed by atoms with Crippen LogP contribution < -0.4 is 5.73 Å². The molecule has 196 valence electrons. The van der Waals surface area contributed by atoms with Gasteiger partial charge in [-0.2, -0.15) is 18.0 Å². The molecule has 0 radical (unpaired) electrons. The molecule has 1 aromatic heterocycles. The average Bonchev–Trinajstić information content (AvgIpc) is 3.48. The van der Waals surface area contributed by atoms with Crippen molar-refractivity contribution in [1.29, 1.82) is 5.26 Å². The maximum absolute atomic E-state index is 13.9. The molecule has 0 fully saturated rings. The van der Waals surface area contributed by atoms with E-state index < -0.39 is 32.8 Å². The Morgan fingerprint density at radius 1 is 0.921 bits per heavy atom. The van der Waals surface area contributed by atoms with Gasteiger partial charge in [0.1, 0.15) is 4.21 Å². The molecule has 0 saturated heterocycles. The number of hydrogen-bond donors (Lipinski definition) is 1. The number of nitrogens with zero attached hydrogens (tertiary/aromatic N) is 2. The van der Waals surface area contributed by atoms with Crippen LogP contribution in [0.25, 0.3) is 0 Å². The van der Waals surface area contributed by atoms with Gasteiger partial charge in [-0.15, -0.1) is 11.3 Å². The van der Waals surface area contributed by atoms with Crippen molar-refractivity contribution in [2.24, 2.45) is 0 Å². The Balaban J connectivity index is 1.77. The Labute approximate surface area is 226 Å². The lowest BCUT2D eigenvalue weighted by Gasteiger charge is -2.31. The zero-order valence-electron chi connectivity index (χ0n) is 20.2. The van der Waals surface area contributed by atoms with Gasteiger partial charge in [0.25, 0.3) is 20.1 Å². The summed E-state index contributed by atoms with van der Waals surface area (Å²) in [7, 11) is -8.26. The van der Waals surface area contributed by atoms with Gasteiger partial charge in [-0.05, 0) is 59.3 Å². The largest absolute Gasteiger partial charge is 0.398 e. The van der Waals surface area contributed by atoms with Crippen LogP contribution in [0.2, 0.25) is 0 Å². The topological polar surface area (TPSA) is 131 Å². The molecular weight excluding hydrogens is 543 g/mol. The number of hydrogen-bond acceptors (Lipinski definition) is 8. The molecule has 0 amide bonds. The number of sulfonamides is 1. The normalized spacial score (nSPS) is 12.7. The van der Waals surface area contributed by atoms with Crippen LogP contribution >= 0.6 is 11.3 Å². The van der Waals surface area contributed by atoms with E-state index in [9.17, 15) is 22.1 Å². The van der Waals surface area contributed by atoms with E-state index in [1.54, 1.807) is 41.8 Å². The third-order valence-corrected chi connectivity index (χ3v) is 10.4. The number of nitrogens with two attached hydrogens (primary N) is 1. The van der Waals surface area contributed by atoms with Gasteiger partial charge in [0.05, 0.1) is 29.2 Å². The summed E-state index contributed by atoms with van der Waals surface area (Å²) in [5.41, 5.74) is 8.03. The summed E-state index contributed by atoms with van der Waals surface area (Å²) >= 11 is 1.05. The van der Waals surface area contributed by atoms with Crippen molar-refractivity contribution in [3.63, 3.8) is 0 Å². The monoisotopic (exact) mass is 567 g/mol. The predicted octanol–water partition coefficient (Wildman–Crippen LogP) is 4.41. The highest BCUT2D eigenvalue weighted by Crippen LogP contribution is 2.29. The van der Waals surface area contributed by atoms with E-state index in [4.69, 9.17) is 9.92 Å². The van der Waals surface area contributed by atoms with Crippen molar-refractivity contribution in [2.75, 3.05) is 12.3 Å². The van der Waals surface area contributed by atoms with E-state index in [0.717, 1.165) is 16.9 Å². The molecule has 38 heavy (non-hydrogen) atoms. The molecule has 1 heterocycles. The second-order valence-corrected chi connectivity index (χ2v) is 13.1. The Bertz CT molecular complexity index is 1620. The molecule has 0 bridgehead atoms. The number of benzene rings is 3. The molecule has 4 aromatic rings. The molecule has 11 heteroatoms. The lowest BCUT2D eigenvalue weighted by molar-refractivity contribution is 0.203. The molecule has 0 aliphatic carbocycles. The van der Waals surface area contributed by atoms with Crippen LogP contribution in [0.15, 0.2) is 105 Å². The third kappa shape index (κ3) is 6.48. The van der Waals surface area contributed by atoms with Crippen molar-refractivity contribution in [3.8, 4) is 6.07 Å². The summed E-state index contributed by atoms with van der Waals surface area (Å²) in [5.74, 6) is 0. The lowest BCUT2D eigenvalue weighted by atomic mass is 10.1. The Hall–Kier alpha value is -3.53. The predicted molar refractivity (Wildman–Crippen MR) is 146 cm³/mol. The first kappa shape index (κ1) is 27.5. The molecule has 0 aliphatic heterocycles. The third-order valence-electron chi connectivity index (χ3n) is 5.83. The lowest BCUT2D eigenvalue weighted by Crippen LogP contribution is -2.44. The summed E-state index contributed by atoms with van der Waals surface area (Å²) < 4.78 is 60.5. The summed E-state index contributed by atoms with van der Waals surface area (Å²) in [6.07, 6.45) is 0.174. The molecule has 0 spiro atoms. The van der Waals surface area contributed by atoms with Gasteiger partial charge >= 0.3 is 0 Å². The molecule has 4 rings (SSSR count). The van der Waals surface area contributed by atoms with E-state index >= 15 is 0 Å². The molecule has 0 saturated carbocycles. The second-order valence-electron chi connectivity index (χ2n) is 8.40. The van der Waals surface area contributed by atoms with Crippen LogP contribution in [0, 0.1) is 11.3 Å². The van der Waals surface area contributed by atoms with Gasteiger partial charge in [-0.3, -0.25) is 4.18 Å². The SMILES string of the molecule is N#Cc1ccc(N)c(CN([C@@H](COS(=O)(=O)c2ccccc2)Cc2ccccc2)S(=O)(=O)c2cccs2)c1. The van der Waals surface area contributed by atoms with Crippen LogP contribution in [0.3, 0.4) is 0 Å². The van der Waals surface area contributed by atoms with Crippen molar-refractivity contribution in [2.45, 2.75) is 28.1 Å². The van der Waals surface area contributed by atoms with E-state index in [1.165, 1.54) is 28.6 Å². The van der Waals surface area contributed by atoms with Crippen LogP contribution in [0.1, 0.15) is 16.7 Å². The second kappa shape index (κ2) is 11.9. The fraction of sp³-hybridized carbons (Fsp3) is 0.148. The quantitative estimate of drug-likeness (QED) is 0.210. The number of thiophene rings is 1. The first-order chi connectivity index (χ1) is 18.2. The Kier molecular flexibility index (Phi) is 8.61. The maximum Gasteiger partial charge on any atom is 0.297 e. The number of rotatable bonds is 11. The van der Waals surface area contributed by atoms with Crippen LogP contribution in [0.5, 0.6) is 0 Å². The number of nitrogen functional groups attached to an aromatic ring is 1. The standard InChI is InChI=1S/C27H25N3O5S3/c28-18-22-13-14-26(29)23(16-22)19-30(37(31,32)27-12-7-15-36-27)24(17-21-8-3-1-4-9-21)20-35-38(33,34)25-10-5-2-6-11-25/h1-16,24H,17,19-20,29H2/t24-/m1/s1. The Morgan fingerprint density at radius 3 is 2.24 bits per heavy atom. The fourth-order valence-electron chi connectivity index (χ4n) is 3.87. The fourth-order valence-corrected chi connectivity index (χ4v) is 7.54. The molecule has 3 aromatic carbocycles. The molecule has 0 aliphatic rings. The van der Waals surface area contributed by atoms with E-state index in [-0.39, 0.29) is 22.1 Å². The van der Waals surface area contributed by atoms with Gasteiger partial charge in [0.2, 0.25) is 0 Å². The zero-order valence-corrected chi connectivity index (χ0v) is 22.6. The van der Waals surface area contributed by atoms with Crippen molar-refractivity contribution >= 4 is 37.2 Å². The summed E-state index contributed by atoms with van der Waals surface area (Å²) in [6, 6.07) is 25.7. The van der Waals surface area contributed by atoms with Gasteiger partial charge in [-0.25, -0.2) is 8.42 Å². The first-order valence-electron chi connectivity index (χ1n) is 11.5. The highest BCUT2D eigenvalue weighted by molar-refractivity contribution is 7.91. The average molecular weight is 568 g/mol. The molecule has 2 N–H and O–H groups in total. The summed E-state index contributed by atoms with van der Waals surface area (Å²) in [6.45, 7) is -0.623.